The lowest BCUT2D eigenvalue weighted by Gasteiger charge is -2.21. The molecular formula is C14H24FN3. The molecule has 4 heteroatoms. The summed E-state index contributed by atoms with van der Waals surface area (Å²) in [4.78, 5) is 6.48. The first-order chi connectivity index (χ1) is 8.67. The lowest BCUT2D eigenvalue weighted by atomic mass is 10.1. The van der Waals surface area contributed by atoms with Crippen LogP contribution in [-0.2, 0) is 0 Å². The normalized spacial score (nSPS) is 12.9. The van der Waals surface area contributed by atoms with Gasteiger partial charge < -0.3 is 10.2 Å². The summed E-state index contributed by atoms with van der Waals surface area (Å²) < 4.78 is 12.9. The number of nitrogens with one attached hydrogen (secondary N) is 1. The first-order valence-corrected chi connectivity index (χ1v) is 6.70. The van der Waals surface area contributed by atoms with Gasteiger partial charge in [0.2, 0.25) is 0 Å². The molecule has 1 N–H and O–H groups in total. The predicted molar refractivity (Wildman–Crippen MR) is 73.0 cm³/mol. The predicted octanol–water partition coefficient (Wildman–Crippen LogP) is 2.60. The second-order valence-corrected chi connectivity index (χ2v) is 4.60. The summed E-state index contributed by atoms with van der Waals surface area (Å²) in [6.45, 7) is 7.27. The molecule has 1 unspecified atom stereocenters. The summed E-state index contributed by atoms with van der Waals surface area (Å²) in [5.41, 5.74) is 0.920. The van der Waals surface area contributed by atoms with Gasteiger partial charge in [0, 0.05) is 0 Å². The molecule has 3 nitrogen and oxygen atoms in total. The molecule has 1 aromatic rings. The zero-order chi connectivity index (χ0) is 13.4. The summed E-state index contributed by atoms with van der Waals surface area (Å²) >= 11 is 0. The van der Waals surface area contributed by atoms with Gasteiger partial charge in [0.1, 0.15) is 5.82 Å². The monoisotopic (exact) mass is 253 g/mol. The maximum absolute atomic E-state index is 12.9. The largest absolute Gasteiger partial charge is 0.309 e. The van der Waals surface area contributed by atoms with Crippen molar-refractivity contribution in [2.75, 3.05) is 26.7 Å². The lowest BCUT2D eigenvalue weighted by molar-refractivity contribution is 0.307. The number of rotatable bonds is 8. The van der Waals surface area contributed by atoms with Crippen molar-refractivity contribution in [3.8, 4) is 0 Å². The highest BCUT2D eigenvalue weighted by Crippen LogP contribution is 2.15. The van der Waals surface area contributed by atoms with Crippen LogP contribution in [0.15, 0.2) is 18.3 Å². The zero-order valence-corrected chi connectivity index (χ0v) is 11.6. The van der Waals surface area contributed by atoms with Crippen molar-refractivity contribution in [1.29, 1.82) is 0 Å². The fourth-order valence-electron chi connectivity index (χ4n) is 2.04. The Labute approximate surface area is 109 Å². The van der Waals surface area contributed by atoms with Crippen molar-refractivity contribution >= 4 is 0 Å². The average Bonchev–Trinajstić information content (AvgIpc) is 2.36. The van der Waals surface area contributed by atoms with E-state index in [4.69, 9.17) is 0 Å². The molecular weight excluding hydrogens is 229 g/mol. The molecule has 0 aromatic carbocycles. The summed E-state index contributed by atoms with van der Waals surface area (Å²) in [6.07, 6.45) is 3.44. The van der Waals surface area contributed by atoms with Crippen LogP contribution < -0.4 is 5.32 Å². The van der Waals surface area contributed by atoms with E-state index >= 15 is 0 Å². The van der Waals surface area contributed by atoms with Gasteiger partial charge >= 0.3 is 0 Å². The molecule has 0 aliphatic carbocycles. The Kier molecular flexibility index (Phi) is 6.83. The van der Waals surface area contributed by atoms with Crippen molar-refractivity contribution in [1.82, 2.24) is 15.2 Å². The number of halogens is 1. The molecule has 0 aliphatic rings. The molecule has 0 saturated heterocycles. The van der Waals surface area contributed by atoms with Crippen LogP contribution in [0, 0.1) is 5.82 Å². The molecule has 0 spiro atoms. The Morgan fingerprint density at radius 1 is 1.33 bits per heavy atom. The van der Waals surface area contributed by atoms with Crippen molar-refractivity contribution in [2.24, 2.45) is 0 Å². The van der Waals surface area contributed by atoms with Crippen LogP contribution >= 0.6 is 0 Å². The average molecular weight is 253 g/mol. The van der Waals surface area contributed by atoms with E-state index in [2.05, 4.69) is 36.1 Å². The summed E-state index contributed by atoms with van der Waals surface area (Å²) in [5, 5.41) is 3.40. The van der Waals surface area contributed by atoms with Crippen LogP contribution in [0.4, 0.5) is 4.39 Å². The molecule has 0 fully saturated rings. The second kappa shape index (κ2) is 8.16. The van der Waals surface area contributed by atoms with Crippen molar-refractivity contribution in [3.05, 3.63) is 29.8 Å². The number of pyridine rings is 1. The molecule has 1 heterocycles. The number of nitrogens with zero attached hydrogens (tertiary/aromatic N) is 2. The SMILES string of the molecule is CCCN(C)CCC(NCC)c1ccc(F)cn1. The number of hydrogen-bond acceptors (Lipinski definition) is 3. The van der Waals surface area contributed by atoms with Crippen LogP contribution in [0.1, 0.15) is 38.4 Å². The quantitative estimate of drug-likeness (QED) is 0.772. The van der Waals surface area contributed by atoms with Gasteiger partial charge in [0.15, 0.2) is 0 Å². The minimum atomic E-state index is -0.280. The lowest BCUT2D eigenvalue weighted by Crippen LogP contribution is -2.28. The third-order valence-corrected chi connectivity index (χ3v) is 2.96. The highest BCUT2D eigenvalue weighted by Gasteiger charge is 2.12. The Bertz CT molecular complexity index is 326. The molecule has 102 valence electrons. The van der Waals surface area contributed by atoms with Crippen LogP contribution in [0.5, 0.6) is 0 Å². The third-order valence-electron chi connectivity index (χ3n) is 2.96. The Morgan fingerprint density at radius 3 is 2.67 bits per heavy atom. The van der Waals surface area contributed by atoms with Crippen LogP contribution in [0.2, 0.25) is 0 Å². The van der Waals surface area contributed by atoms with Crippen molar-refractivity contribution in [3.63, 3.8) is 0 Å². The molecule has 0 saturated carbocycles. The van der Waals surface area contributed by atoms with E-state index in [0.29, 0.717) is 0 Å². The van der Waals surface area contributed by atoms with Crippen molar-refractivity contribution < 1.29 is 4.39 Å². The summed E-state index contributed by atoms with van der Waals surface area (Å²) in [7, 11) is 2.13. The summed E-state index contributed by atoms with van der Waals surface area (Å²) in [6, 6.07) is 3.44. The van der Waals surface area contributed by atoms with E-state index in [-0.39, 0.29) is 11.9 Å². The van der Waals surface area contributed by atoms with E-state index in [0.717, 1.165) is 38.2 Å². The van der Waals surface area contributed by atoms with Gasteiger partial charge in [-0.2, -0.15) is 0 Å². The third kappa shape index (κ3) is 5.10. The van der Waals surface area contributed by atoms with Crippen LogP contribution in [0.25, 0.3) is 0 Å². The highest BCUT2D eigenvalue weighted by atomic mass is 19.1. The van der Waals surface area contributed by atoms with Gasteiger partial charge in [0.25, 0.3) is 0 Å². The molecule has 1 atom stereocenters. The number of hydrogen-bond donors (Lipinski definition) is 1. The van der Waals surface area contributed by atoms with E-state index in [1.807, 2.05) is 0 Å². The molecule has 0 radical (unpaired) electrons. The Hall–Kier alpha value is -1.00. The zero-order valence-electron chi connectivity index (χ0n) is 11.6. The van der Waals surface area contributed by atoms with E-state index < -0.39 is 0 Å². The fourth-order valence-corrected chi connectivity index (χ4v) is 2.04. The minimum Gasteiger partial charge on any atom is -0.309 e. The topological polar surface area (TPSA) is 28.2 Å². The van der Waals surface area contributed by atoms with E-state index in [1.54, 1.807) is 6.07 Å². The van der Waals surface area contributed by atoms with Gasteiger partial charge in [-0.05, 0) is 51.7 Å². The molecule has 0 amide bonds. The number of aromatic nitrogens is 1. The molecule has 1 rings (SSSR count). The van der Waals surface area contributed by atoms with Gasteiger partial charge in [-0.3, -0.25) is 4.98 Å². The Morgan fingerprint density at radius 2 is 2.11 bits per heavy atom. The van der Waals surface area contributed by atoms with Crippen LogP contribution in [0.3, 0.4) is 0 Å². The first-order valence-electron chi connectivity index (χ1n) is 6.70. The highest BCUT2D eigenvalue weighted by molar-refractivity contribution is 5.09. The van der Waals surface area contributed by atoms with Gasteiger partial charge in [-0.25, -0.2) is 4.39 Å². The molecule has 18 heavy (non-hydrogen) atoms. The maximum atomic E-state index is 12.9. The smallest absolute Gasteiger partial charge is 0.141 e. The van der Waals surface area contributed by atoms with Gasteiger partial charge in [-0.15, -0.1) is 0 Å². The standard InChI is InChI=1S/C14H24FN3/c1-4-9-18(3)10-8-14(16-5-2)13-7-6-12(15)11-17-13/h6-7,11,14,16H,4-5,8-10H2,1-3H3. The summed E-state index contributed by atoms with van der Waals surface area (Å²) in [5.74, 6) is -0.280. The van der Waals surface area contributed by atoms with Crippen molar-refractivity contribution in [2.45, 2.75) is 32.7 Å². The van der Waals surface area contributed by atoms with Gasteiger partial charge in [0.05, 0.1) is 17.9 Å². The first kappa shape index (κ1) is 15.1. The second-order valence-electron chi connectivity index (χ2n) is 4.60. The molecule has 0 aliphatic heterocycles. The fraction of sp³-hybridized carbons (Fsp3) is 0.643. The van der Waals surface area contributed by atoms with Crippen LogP contribution in [-0.4, -0.2) is 36.6 Å². The van der Waals surface area contributed by atoms with E-state index in [1.165, 1.54) is 12.3 Å². The van der Waals surface area contributed by atoms with Gasteiger partial charge in [-0.1, -0.05) is 13.8 Å². The minimum absolute atomic E-state index is 0.204. The maximum Gasteiger partial charge on any atom is 0.141 e. The van der Waals surface area contributed by atoms with E-state index in [9.17, 15) is 4.39 Å². The molecule has 0 bridgehead atoms. The Balaban J connectivity index is 2.56. The molecule has 1 aromatic heterocycles.